The molecule has 0 saturated carbocycles. The first kappa shape index (κ1) is 19.5. The van der Waals surface area contributed by atoms with E-state index in [0.717, 1.165) is 11.1 Å². The number of halogens is 2. The molecule has 1 aromatic heterocycles. The SMILES string of the molecule is CC1=C(C(N)=O)C(c2ccc(Cl)cc2Cl)n2nc(-c3ccc(C)c(C)c3)nc2N1. The molecular weight excluding hydrogens is 409 g/mol. The Morgan fingerprint density at radius 3 is 2.52 bits per heavy atom. The van der Waals surface area contributed by atoms with E-state index in [0.29, 0.717) is 38.7 Å². The Morgan fingerprint density at radius 1 is 1.10 bits per heavy atom. The number of nitrogens with one attached hydrogen (secondary N) is 1. The van der Waals surface area contributed by atoms with Gasteiger partial charge in [-0.2, -0.15) is 4.98 Å². The predicted octanol–water partition coefficient (Wildman–Crippen LogP) is 4.64. The zero-order chi connectivity index (χ0) is 20.9. The topological polar surface area (TPSA) is 85.8 Å². The van der Waals surface area contributed by atoms with Gasteiger partial charge in [0.1, 0.15) is 6.04 Å². The third kappa shape index (κ3) is 3.39. The number of aryl methyl sites for hydroxylation is 2. The van der Waals surface area contributed by atoms with Crippen molar-refractivity contribution in [3.05, 3.63) is 74.4 Å². The van der Waals surface area contributed by atoms with Gasteiger partial charge in [-0.3, -0.25) is 4.79 Å². The van der Waals surface area contributed by atoms with Crippen LogP contribution >= 0.6 is 23.2 Å². The number of allylic oxidation sites excluding steroid dienone is 1. The molecule has 148 valence electrons. The highest BCUT2D eigenvalue weighted by molar-refractivity contribution is 6.35. The predicted molar refractivity (Wildman–Crippen MR) is 115 cm³/mol. The number of hydrogen-bond donors (Lipinski definition) is 2. The number of aromatic nitrogens is 3. The normalized spacial score (nSPS) is 15.8. The molecule has 2 aromatic carbocycles. The molecule has 1 aliphatic rings. The maximum Gasteiger partial charge on any atom is 0.248 e. The molecule has 0 spiro atoms. The summed E-state index contributed by atoms with van der Waals surface area (Å²) >= 11 is 12.5. The fraction of sp³-hybridized carbons (Fsp3) is 0.190. The molecule has 8 heteroatoms. The molecular formula is C21H19Cl2N5O. The number of nitrogens with two attached hydrogens (primary N) is 1. The first-order valence-electron chi connectivity index (χ1n) is 9.03. The van der Waals surface area contributed by atoms with Gasteiger partial charge in [0.2, 0.25) is 11.9 Å². The lowest BCUT2D eigenvalue weighted by Gasteiger charge is -2.28. The number of nitrogens with zero attached hydrogens (tertiary/aromatic N) is 3. The monoisotopic (exact) mass is 427 g/mol. The molecule has 0 radical (unpaired) electrons. The van der Waals surface area contributed by atoms with Gasteiger partial charge in [0.15, 0.2) is 5.82 Å². The van der Waals surface area contributed by atoms with Crippen molar-refractivity contribution >= 4 is 35.1 Å². The average Bonchev–Trinajstić information content (AvgIpc) is 3.06. The van der Waals surface area contributed by atoms with E-state index < -0.39 is 11.9 Å². The lowest BCUT2D eigenvalue weighted by atomic mass is 9.95. The Kier molecular flexibility index (Phi) is 4.84. The third-order valence-corrected chi connectivity index (χ3v) is 5.70. The van der Waals surface area contributed by atoms with Gasteiger partial charge in [0.05, 0.1) is 5.57 Å². The number of carbonyl (C=O) groups excluding carboxylic acids is 1. The second-order valence-corrected chi connectivity index (χ2v) is 7.94. The smallest absolute Gasteiger partial charge is 0.248 e. The minimum atomic E-state index is -0.610. The maximum atomic E-state index is 12.3. The summed E-state index contributed by atoms with van der Waals surface area (Å²) in [6.45, 7) is 5.88. The summed E-state index contributed by atoms with van der Waals surface area (Å²) in [5.41, 5.74) is 10.6. The standard InChI is InChI=1S/C21H19Cl2N5O/c1-10-4-5-13(8-11(10)2)20-26-21-25-12(3)17(19(24)29)18(28(21)27-20)15-7-6-14(22)9-16(15)23/h4-9,18H,1-3H3,(H2,24,29)(H,25,26,27). The largest absolute Gasteiger partial charge is 0.366 e. The lowest BCUT2D eigenvalue weighted by molar-refractivity contribution is -0.115. The Bertz CT molecular complexity index is 1180. The van der Waals surface area contributed by atoms with E-state index in [4.69, 9.17) is 28.9 Å². The summed E-state index contributed by atoms with van der Waals surface area (Å²) in [5, 5.41) is 8.75. The maximum absolute atomic E-state index is 12.3. The Balaban J connectivity index is 1.91. The second kappa shape index (κ2) is 7.21. The summed E-state index contributed by atoms with van der Waals surface area (Å²) in [4.78, 5) is 16.9. The van der Waals surface area contributed by atoms with Crippen molar-refractivity contribution in [3.63, 3.8) is 0 Å². The van der Waals surface area contributed by atoms with Crippen molar-refractivity contribution in [2.75, 3.05) is 5.32 Å². The molecule has 3 N–H and O–H groups in total. The van der Waals surface area contributed by atoms with Gasteiger partial charge in [0, 0.05) is 26.9 Å². The summed E-state index contributed by atoms with van der Waals surface area (Å²) in [6.07, 6.45) is 0. The van der Waals surface area contributed by atoms with E-state index >= 15 is 0 Å². The van der Waals surface area contributed by atoms with E-state index in [1.807, 2.05) is 25.1 Å². The van der Waals surface area contributed by atoms with E-state index in [1.54, 1.807) is 29.8 Å². The third-order valence-electron chi connectivity index (χ3n) is 5.14. The molecule has 2 heterocycles. The van der Waals surface area contributed by atoms with Crippen LogP contribution in [0.5, 0.6) is 0 Å². The van der Waals surface area contributed by atoms with Crippen LogP contribution in [0.1, 0.15) is 29.7 Å². The Morgan fingerprint density at radius 2 is 1.86 bits per heavy atom. The van der Waals surface area contributed by atoms with Gasteiger partial charge >= 0.3 is 0 Å². The van der Waals surface area contributed by atoms with Crippen LogP contribution in [-0.2, 0) is 4.79 Å². The molecule has 1 amide bonds. The molecule has 1 unspecified atom stereocenters. The summed E-state index contributed by atoms with van der Waals surface area (Å²) in [6, 6.07) is 10.6. The number of benzene rings is 2. The first-order valence-corrected chi connectivity index (χ1v) is 9.78. The van der Waals surface area contributed by atoms with Crippen molar-refractivity contribution in [1.29, 1.82) is 0 Å². The van der Waals surface area contributed by atoms with Crippen LogP contribution in [0.15, 0.2) is 47.7 Å². The van der Waals surface area contributed by atoms with E-state index in [2.05, 4.69) is 22.3 Å². The molecule has 0 bridgehead atoms. The Hall–Kier alpha value is -2.83. The zero-order valence-electron chi connectivity index (χ0n) is 16.1. The molecule has 0 saturated heterocycles. The number of anilines is 1. The van der Waals surface area contributed by atoms with Crippen LogP contribution in [0, 0.1) is 13.8 Å². The second-order valence-electron chi connectivity index (χ2n) is 7.10. The molecule has 0 aliphatic carbocycles. The van der Waals surface area contributed by atoms with Gasteiger partial charge in [-0.15, -0.1) is 5.10 Å². The average molecular weight is 428 g/mol. The lowest BCUT2D eigenvalue weighted by Crippen LogP contribution is -2.32. The number of amides is 1. The van der Waals surface area contributed by atoms with Crippen molar-refractivity contribution < 1.29 is 4.79 Å². The molecule has 3 aromatic rings. The van der Waals surface area contributed by atoms with Crippen molar-refractivity contribution in [1.82, 2.24) is 14.8 Å². The van der Waals surface area contributed by atoms with E-state index in [9.17, 15) is 4.79 Å². The van der Waals surface area contributed by atoms with Gasteiger partial charge in [0.25, 0.3) is 0 Å². The highest BCUT2D eigenvalue weighted by Crippen LogP contribution is 2.39. The van der Waals surface area contributed by atoms with Gasteiger partial charge in [-0.1, -0.05) is 41.4 Å². The van der Waals surface area contributed by atoms with Gasteiger partial charge in [-0.25, -0.2) is 4.68 Å². The number of hydrogen-bond acceptors (Lipinski definition) is 4. The molecule has 4 rings (SSSR count). The number of fused-ring (bicyclic) bond motifs is 1. The minimum Gasteiger partial charge on any atom is -0.366 e. The summed E-state index contributed by atoms with van der Waals surface area (Å²) < 4.78 is 1.65. The van der Waals surface area contributed by atoms with Gasteiger partial charge < -0.3 is 11.1 Å². The summed E-state index contributed by atoms with van der Waals surface area (Å²) in [5.74, 6) is 0.501. The quantitative estimate of drug-likeness (QED) is 0.636. The van der Waals surface area contributed by atoms with Crippen LogP contribution in [0.4, 0.5) is 5.95 Å². The van der Waals surface area contributed by atoms with Crippen LogP contribution in [-0.4, -0.2) is 20.7 Å². The highest BCUT2D eigenvalue weighted by Gasteiger charge is 2.34. The van der Waals surface area contributed by atoms with Crippen LogP contribution < -0.4 is 11.1 Å². The first-order chi connectivity index (χ1) is 13.8. The minimum absolute atomic E-state index is 0.373. The van der Waals surface area contributed by atoms with Crippen LogP contribution in [0.3, 0.4) is 0 Å². The van der Waals surface area contributed by atoms with Crippen molar-refractivity contribution in [3.8, 4) is 11.4 Å². The zero-order valence-corrected chi connectivity index (χ0v) is 17.6. The fourth-order valence-electron chi connectivity index (χ4n) is 3.48. The van der Waals surface area contributed by atoms with Crippen LogP contribution in [0.25, 0.3) is 11.4 Å². The fourth-order valence-corrected chi connectivity index (χ4v) is 4.00. The van der Waals surface area contributed by atoms with E-state index in [-0.39, 0.29) is 0 Å². The molecule has 29 heavy (non-hydrogen) atoms. The van der Waals surface area contributed by atoms with Crippen molar-refractivity contribution in [2.45, 2.75) is 26.8 Å². The molecule has 1 aliphatic heterocycles. The number of primary amides is 1. The summed E-state index contributed by atoms with van der Waals surface area (Å²) in [7, 11) is 0. The Labute approximate surface area is 178 Å². The van der Waals surface area contributed by atoms with Crippen LogP contribution in [0.2, 0.25) is 10.0 Å². The van der Waals surface area contributed by atoms with E-state index in [1.165, 1.54) is 5.56 Å². The molecule has 0 fully saturated rings. The number of rotatable bonds is 3. The molecule has 1 atom stereocenters. The van der Waals surface area contributed by atoms with Crippen molar-refractivity contribution in [2.24, 2.45) is 5.73 Å². The highest BCUT2D eigenvalue weighted by atomic mass is 35.5. The van der Waals surface area contributed by atoms with Gasteiger partial charge in [-0.05, 0) is 50.1 Å². The number of carbonyl (C=O) groups is 1. The molecule has 6 nitrogen and oxygen atoms in total.